The summed E-state index contributed by atoms with van der Waals surface area (Å²) in [5, 5.41) is 5.02. The number of amides is 1. The molecule has 1 aromatic heterocycles. The van der Waals surface area contributed by atoms with Gasteiger partial charge in [-0.05, 0) is 45.2 Å². The van der Waals surface area contributed by atoms with E-state index in [1.165, 1.54) is 0 Å². The first-order valence-electron chi connectivity index (χ1n) is 10.0. The van der Waals surface area contributed by atoms with Crippen molar-refractivity contribution in [1.29, 1.82) is 0 Å². The van der Waals surface area contributed by atoms with E-state index in [0.717, 1.165) is 40.9 Å². The van der Waals surface area contributed by atoms with E-state index in [2.05, 4.69) is 10.00 Å². The number of halogens is 1. The number of aromatic nitrogens is 2. The summed E-state index contributed by atoms with van der Waals surface area (Å²) in [6.45, 7) is 11.1. The molecule has 3 rings (SSSR count). The molecule has 0 radical (unpaired) electrons. The molecule has 0 aliphatic carbocycles. The predicted molar refractivity (Wildman–Crippen MR) is 114 cm³/mol. The van der Waals surface area contributed by atoms with Crippen molar-refractivity contribution in [1.82, 2.24) is 19.6 Å². The fourth-order valence-electron chi connectivity index (χ4n) is 4.20. The third-order valence-corrected chi connectivity index (χ3v) is 6.10. The molecule has 1 saturated heterocycles. The maximum atomic E-state index is 12.9. The Morgan fingerprint density at radius 3 is 2.28 bits per heavy atom. The minimum atomic E-state index is -0.405. The average molecular weight is 417 g/mol. The number of benzene rings is 1. The number of carbonyl (C=O) groups excluding carboxylic acids is 2. The zero-order valence-electron chi connectivity index (χ0n) is 17.9. The van der Waals surface area contributed by atoms with E-state index in [9.17, 15) is 9.59 Å². The molecule has 0 bridgehead atoms. The molecule has 1 aliphatic rings. The molecule has 1 aliphatic heterocycles. The maximum Gasteiger partial charge on any atom is 0.295 e. The zero-order chi connectivity index (χ0) is 21.3. The molecule has 2 heterocycles. The Morgan fingerprint density at radius 2 is 1.69 bits per heavy atom. The van der Waals surface area contributed by atoms with Crippen molar-refractivity contribution in [3.8, 4) is 0 Å². The lowest BCUT2D eigenvalue weighted by Crippen LogP contribution is -2.39. The van der Waals surface area contributed by atoms with Crippen LogP contribution in [0.4, 0.5) is 0 Å². The molecule has 1 fully saturated rings. The Bertz CT molecular complexity index is 928. The molecule has 6 nitrogen and oxygen atoms in total. The molecular formula is C22H29ClN4O2. The van der Waals surface area contributed by atoms with Crippen LogP contribution < -0.4 is 0 Å². The number of aryl methyl sites for hydroxylation is 5. The summed E-state index contributed by atoms with van der Waals surface area (Å²) in [5.41, 5.74) is 5.31. The molecule has 156 valence electrons. The molecule has 7 heteroatoms. The Labute approximate surface area is 177 Å². The second-order valence-corrected chi connectivity index (χ2v) is 8.36. The van der Waals surface area contributed by atoms with Gasteiger partial charge in [0.1, 0.15) is 5.15 Å². The van der Waals surface area contributed by atoms with Gasteiger partial charge in [0.15, 0.2) is 0 Å². The average Bonchev–Trinajstić information content (AvgIpc) is 2.81. The van der Waals surface area contributed by atoms with Crippen molar-refractivity contribution in [2.75, 3.05) is 26.2 Å². The summed E-state index contributed by atoms with van der Waals surface area (Å²) in [7, 11) is 1.84. The summed E-state index contributed by atoms with van der Waals surface area (Å²) >= 11 is 6.37. The highest BCUT2D eigenvalue weighted by molar-refractivity contribution is 6.43. The van der Waals surface area contributed by atoms with E-state index in [1.807, 2.05) is 46.9 Å². The van der Waals surface area contributed by atoms with Gasteiger partial charge in [0.25, 0.3) is 11.7 Å². The lowest BCUT2D eigenvalue weighted by atomic mass is 9.96. The van der Waals surface area contributed by atoms with Gasteiger partial charge in [-0.2, -0.15) is 5.10 Å². The van der Waals surface area contributed by atoms with Crippen LogP contribution in [0.15, 0.2) is 12.1 Å². The lowest BCUT2D eigenvalue weighted by molar-refractivity contribution is -0.126. The van der Waals surface area contributed by atoms with Gasteiger partial charge in [0, 0.05) is 50.9 Å². The van der Waals surface area contributed by atoms with Gasteiger partial charge in [-0.1, -0.05) is 29.3 Å². The second kappa shape index (κ2) is 8.67. The first-order valence-corrected chi connectivity index (χ1v) is 10.4. The molecule has 29 heavy (non-hydrogen) atoms. The van der Waals surface area contributed by atoms with Crippen molar-refractivity contribution in [2.24, 2.45) is 7.05 Å². The van der Waals surface area contributed by atoms with Crippen LogP contribution in [0.1, 0.15) is 44.7 Å². The van der Waals surface area contributed by atoms with Crippen molar-refractivity contribution >= 4 is 23.3 Å². The number of carbonyl (C=O) groups is 2. The van der Waals surface area contributed by atoms with Crippen molar-refractivity contribution in [3.05, 3.63) is 50.8 Å². The van der Waals surface area contributed by atoms with Gasteiger partial charge in [-0.3, -0.25) is 19.2 Å². The Morgan fingerprint density at radius 1 is 1.03 bits per heavy atom. The van der Waals surface area contributed by atoms with Crippen LogP contribution in [0.3, 0.4) is 0 Å². The minimum absolute atomic E-state index is 0.403. The topological polar surface area (TPSA) is 58.4 Å². The molecule has 1 aromatic carbocycles. The van der Waals surface area contributed by atoms with Gasteiger partial charge in [-0.25, -0.2) is 0 Å². The van der Waals surface area contributed by atoms with Gasteiger partial charge < -0.3 is 4.90 Å². The van der Waals surface area contributed by atoms with Crippen LogP contribution >= 0.6 is 11.6 Å². The molecule has 1 amide bonds. The summed E-state index contributed by atoms with van der Waals surface area (Å²) in [5.74, 6) is -0.808. The largest absolute Gasteiger partial charge is 0.334 e. The highest BCUT2D eigenvalue weighted by Crippen LogP contribution is 2.22. The number of rotatable bonds is 4. The smallest absolute Gasteiger partial charge is 0.295 e. The maximum absolute atomic E-state index is 12.9. The lowest BCUT2D eigenvalue weighted by Gasteiger charge is -2.22. The van der Waals surface area contributed by atoms with Gasteiger partial charge >= 0.3 is 0 Å². The minimum Gasteiger partial charge on any atom is -0.334 e. The Balaban J connectivity index is 1.69. The van der Waals surface area contributed by atoms with Crippen LogP contribution in [0.5, 0.6) is 0 Å². The number of hydrogen-bond acceptors (Lipinski definition) is 4. The quantitative estimate of drug-likeness (QED) is 0.567. The van der Waals surface area contributed by atoms with E-state index in [0.29, 0.717) is 36.9 Å². The molecule has 0 unspecified atom stereocenters. The standard InChI is InChI=1S/C22H29ClN4O2/c1-14-11-15(2)19(16(3)12-14)20(28)22(29)27-8-6-7-26(9-10-27)13-18-17(4)24-25(5)21(18)23/h11-12H,6-10,13H2,1-5H3. The summed E-state index contributed by atoms with van der Waals surface area (Å²) in [6.07, 6.45) is 0.821. The monoisotopic (exact) mass is 416 g/mol. The predicted octanol–water partition coefficient (Wildman–Crippen LogP) is 3.22. The number of nitrogens with zero attached hydrogens (tertiary/aromatic N) is 4. The Kier molecular flexibility index (Phi) is 6.44. The van der Waals surface area contributed by atoms with E-state index in [-0.39, 0.29) is 0 Å². The molecule has 0 saturated carbocycles. The first-order chi connectivity index (χ1) is 13.7. The molecule has 0 N–H and O–H groups in total. The van der Waals surface area contributed by atoms with E-state index >= 15 is 0 Å². The van der Waals surface area contributed by atoms with Gasteiger partial charge in [0.05, 0.1) is 5.69 Å². The van der Waals surface area contributed by atoms with Crippen LogP contribution in [-0.2, 0) is 18.4 Å². The van der Waals surface area contributed by atoms with Crippen LogP contribution in [0.2, 0.25) is 5.15 Å². The molecule has 0 spiro atoms. The fraction of sp³-hybridized carbons (Fsp3) is 0.500. The van der Waals surface area contributed by atoms with Crippen LogP contribution in [0, 0.1) is 27.7 Å². The third kappa shape index (κ3) is 4.54. The zero-order valence-corrected chi connectivity index (χ0v) is 18.6. The second-order valence-electron chi connectivity index (χ2n) is 8.00. The molecular weight excluding hydrogens is 388 g/mol. The van der Waals surface area contributed by atoms with Crippen molar-refractivity contribution in [2.45, 2.75) is 40.7 Å². The number of hydrogen-bond donors (Lipinski definition) is 0. The normalized spacial score (nSPS) is 15.4. The van der Waals surface area contributed by atoms with Gasteiger partial charge in [-0.15, -0.1) is 0 Å². The molecule has 0 atom stereocenters. The summed E-state index contributed by atoms with van der Waals surface area (Å²) in [4.78, 5) is 29.8. The van der Waals surface area contributed by atoms with E-state index in [1.54, 1.807) is 9.58 Å². The first kappa shape index (κ1) is 21.5. The van der Waals surface area contributed by atoms with Crippen LogP contribution in [0.25, 0.3) is 0 Å². The highest BCUT2D eigenvalue weighted by Gasteiger charge is 2.28. The third-order valence-electron chi connectivity index (χ3n) is 5.63. The van der Waals surface area contributed by atoms with E-state index in [4.69, 9.17) is 11.6 Å². The summed E-state index contributed by atoms with van der Waals surface area (Å²) < 4.78 is 1.69. The Hall–Kier alpha value is -2.18. The van der Waals surface area contributed by atoms with Crippen molar-refractivity contribution < 1.29 is 9.59 Å². The van der Waals surface area contributed by atoms with E-state index < -0.39 is 11.7 Å². The highest BCUT2D eigenvalue weighted by atomic mass is 35.5. The van der Waals surface area contributed by atoms with Gasteiger partial charge in [0.2, 0.25) is 0 Å². The van der Waals surface area contributed by atoms with Crippen molar-refractivity contribution in [3.63, 3.8) is 0 Å². The number of Topliss-reactive ketones (excluding diaryl/α,β-unsaturated/α-hetero) is 1. The summed E-state index contributed by atoms with van der Waals surface area (Å²) in [6, 6.07) is 3.91. The SMILES string of the molecule is Cc1cc(C)c(C(=O)C(=O)N2CCCN(Cc3c(C)nn(C)c3Cl)CC2)c(C)c1. The molecule has 2 aromatic rings. The van der Waals surface area contributed by atoms with Crippen LogP contribution in [-0.4, -0.2) is 57.4 Å². The number of ketones is 1. The fourth-order valence-corrected chi connectivity index (χ4v) is 4.43.